The lowest BCUT2D eigenvalue weighted by atomic mass is 9.98. The van der Waals surface area contributed by atoms with Gasteiger partial charge in [-0.2, -0.15) is 0 Å². The summed E-state index contributed by atoms with van der Waals surface area (Å²) in [6, 6.07) is 2.75. The Hall–Kier alpha value is -2.24. The summed E-state index contributed by atoms with van der Waals surface area (Å²) in [6.45, 7) is 4.04. The number of carbonyl (C=O) groups is 2. The molecule has 2 N–H and O–H groups in total. The van der Waals surface area contributed by atoms with Crippen molar-refractivity contribution in [2.45, 2.75) is 39.5 Å². The number of anilines is 1. The van der Waals surface area contributed by atoms with Crippen molar-refractivity contribution in [1.82, 2.24) is 0 Å². The van der Waals surface area contributed by atoms with E-state index in [4.69, 9.17) is 9.47 Å². The van der Waals surface area contributed by atoms with E-state index in [0.29, 0.717) is 11.4 Å². The molecule has 0 saturated carbocycles. The Balaban J connectivity index is 3.12. The molecule has 6 nitrogen and oxygen atoms in total. The van der Waals surface area contributed by atoms with Crippen LogP contribution < -0.4 is 14.8 Å². The van der Waals surface area contributed by atoms with Gasteiger partial charge in [-0.25, -0.2) is 4.79 Å². The van der Waals surface area contributed by atoms with Gasteiger partial charge in [-0.15, -0.1) is 0 Å². The standard InChI is InChI=1S/C17H25NO5/c1-5-7-8-11(6-2)16(19)18-13-9-12(17(20)21)10-14(22-3)15(13)23-4/h9-11H,5-8H2,1-4H3,(H,18,19)(H,20,21). The Morgan fingerprint density at radius 1 is 1.22 bits per heavy atom. The lowest BCUT2D eigenvalue weighted by molar-refractivity contribution is -0.120. The Morgan fingerprint density at radius 3 is 2.39 bits per heavy atom. The number of unbranched alkanes of at least 4 members (excludes halogenated alkanes) is 1. The van der Waals surface area contributed by atoms with Crippen LogP contribution in [0.5, 0.6) is 11.5 Å². The number of hydrogen-bond donors (Lipinski definition) is 2. The average molecular weight is 323 g/mol. The first-order valence-electron chi connectivity index (χ1n) is 7.78. The second-order valence-corrected chi connectivity index (χ2v) is 5.30. The second kappa shape index (κ2) is 9.02. The van der Waals surface area contributed by atoms with Gasteiger partial charge in [0.2, 0.25) is 5.91 Å². The molecule has 0 aliphatic carbocycles. The van der Waals surface area contributed by atoms with Crippen LogP contribution in [0.2, 0.25) is 0 Å². The SMILES string of the molecule is CCCCC(CC)C(=O)Nc1cc(C(=O)O)cc(OC)c1OC. The largest absolute Gasteiger partial charge is 0.493 e. The fourth-order valence-corrected chi connectivity index (χ4v) is 2.39. The smallest absolute Gasteiger partial charge is 0.335 e. The monoisotopic (exact) mass is 323 g/mol. The fourth-order valence-electron chi connectivity index (χ4n) is 2.39. The zero-order valence-electron chi connectivity index (χ0n) is 14.1. The van der Waals surface area contributed by atoms with Crippen molar-refractivity contribution in [2.24, 2.45) is 5.92 Å². The Labute approximate surface area is 136 Å². The first-order chi connectivity index (χ1) is 11.0. The number of amides is 1. The molecule has 0 aromatic heterocycles. The Kier molecular flexibility index (Phi) is 7.38. The van der Waals surface area contributed by atoms with Gasteiger partial charge in [0.05, 0.1) is 25.5 Å². The van der Waals surface area contributed by atoms with Gasteiger partial charge in [-0.05, 0) is 25.0 Å². The van der Waals surface area contributed by atoms with Crippen LogP contribution in [0, 0.1) is 5.92 Å². The molecule has 0 fully saturated rings. The number of methoxy groups -OCH3 is 2. The first-order valence-corrected chi connectivity index (χ1v) is 7.78. The number of carboxylic acids is 1. The number of nitrogens with one attached hydrogen (secondary N) is 1. The number of benzene rings is 1. The molecule has 0 spiro atoms. The van der Waals surface area contributed by atoms with Crippen LogP contribution in [0.3, 0.4) is 0 Å². The molecule has 0 aliphatic rings. The summed E-state index contributed by atoms with van der Waals surface area (Å²) < 4.78 is 10.4. The molecule has 1 unspecified atom stereocenters. The zero-order valence-corrected chi connectivity index (χ0v) is 14.1. The summed E-state index contributed by atoms with van der Waals surface area (Å²) in [7, 11) is 2.87. The molecule has 1 aromatic carbocycles. The molecule has 0 saturated heterocycles. The Morgan fingerprint density at radius 2 is 1.91 bits per heavy atom. The van der Waals surface area contributed by atoms with E-state index in [9.17, 15) is 14.7 Å². The molecule has 0 bridgehead atoms. The summed E-state index contributed by atoms with van der Waals surface area (Å²) in [5.41, 5.74) is 0.337. The normalized spacial score (nSPS) is 11.7. The maximum Gasteiger partial charge on any atom is 0.335 e. The van der Waals surface area contributed by atoms with E-state index in [0.717, 1.165) is 25.7 Å². The maximum absolute atomic E-state index is 12.4. The van der Waals surface area contributed by atoms with E-state index in [2.05, 4.69) is 12.2 Å². The molecule has 23 heavy (non-hydrogen) atoms. The third-order valence-electron chi connectivity index (χ3n) is 3.75. The van der Waals surface area contributed by atoms with Crippen LogP contribution in [0.15, 0.2) is 12.1 Å². The molecule has 0 radical (unpaired) electrons. The third kappa shape index (κ3) is 4.87. The molecule has 128 valence electrons. The van der Waals surface area contributed by atoms with E-state index in [-0.39, 0.29) is 23.1 Å². The molecule has 1 atom stereocenters. The highest BCUT2D eigenvalue weighted by molar-refractivity contribution is 5.97. The lowest BCUT2D eigenvalue weighted by Gasteiger charge is -2.18. The van der Waals surface area contributed by atoms with Gasteiger partial charge in [-0.3, -0.25) is 4.79 Å². The highest BCUT2D eigenvalue weighted by Crippen LogP contribution is 2.37. The Bertz CT molecular complexity index is 556. The predicted octanol–water partition coefficient (Wildman–Crippen LogP) is 3.56. The van der Waals surface area contributed by atoms with Gasteiger partial charge in [0.1, 0.15) is 0 Å². The van der Waals surface area contributed by atoms with E-state index in [1.54, 1.807) is 0 Å². The minimum absolute atomic E-state index is 0.0274. The molecule has 1 amide bonds. The van der Waals surface area contributed by atoms with Crippen molar-refractivity contribution < 1.29 is 24.2 Å². The zero-order chi connectivity index (χ0) is 17.4. The predicted molar refractivity (Wildman–Crippen MR) is 88.4 cm³/mol. The van der Waals surface area contributed by atoms with E-state index >= 15 is 0 Å². The van der Waals surface area contributed by atoms with Crippen LogP contribution in [0.4, 0.5) is 5.69 Å². The van der Waals surface area contributed by atoms with Crippen molar-refractivity contribution in [3.8, 4) is 11.5 Å². The average Bonchev–Trinajstić information content (AvgIpc) is 2.54. The van der Waals surface area contributed by atoms with Crippen molar-refractivity contribution in [2.75, 3.05) is 19.5 Å². The van der Waals surface area contributed by atoms with Gasteiger partial charge >= 0.3 is 5.97 Å². The summed E-state index contributed by atoms with van der Waals surface area (Å²) in [5, 5.41) is 12.0. The number of carboxylic acid groups (broad SMARTS) is 1. The van der Waals surface area contributed by atoms with Gasteiger partial charge < -0.3 is 19.9 Å². The highest BCUT2D eigenvalue weighted by Gasteiger charge is 2.21. The molecule has 6 heteroatoms. The van der Waals surface area contributed by atoms with Gasteiger partial charge in [0, 0.05) is 5.92 Å². The highest BCUT2D eigenvalue weighted by atomic mass is 16.5. The lowest BCUT2D eigenvalue weighted by Crippen LogP contribution is -2.23. The summed E-state index contributed by atoms with van der Waals surface area (Å²) in [5.74, 6) is -0.761. The third-order valence-corrected chi connectivity index (χ3v) is 3.75. The van der Waals surface area contributed by atoms with Crippen molar-refractivity contribution in [3.05, 3.63) is 17.7 Å². The number of carbonyl (C=O) groups excluding carboxylic acids is 1. The van der Waals surface area contributed by atoms with Crippen LogP contribution in [0.1, 0.15) is 49.9 Å². The van der Waals surface area contributed by atoms with Crippen LogP contribution in [-0.2, 0) is 4.79 Å². The molecule has 1 rings (SSSR count). The molecular formula is C17H25NO5. The van der Waals surface area contributed by atoms with Gasteiger partial charge in [0.25, 0.3) is 0 Å². The van der Waals surface area contributed by atoms with E-state index in [1.165, 1.54) is 26.4 Å². The molecular weight excluding hydrogens is 298 g/mol. The summed E-state index contributed by atoms with van der Waals surface area (Å²) in [4.78, 5) is 23.7. The van der Waals surface area contributed by atoms with Crippen molar-refractivity contribution in [3.63, 3.8) is 0 Å². The van der Waals surface area contributed by atoms with E-state index in [1.807, 2.05) is 6.92 Å². The number of hydrogen-bond acceptors (Lipinski definition) is 4. The van der Waals surface area contributed by atoms with Crippen molar-refractivity contribution >= 4 is 17.6 Å². The second-order valence-electron chi connectivity index (χ2n) is 5.30. The fraction of sp³-hybridized carbons (Fsp3) is 0.529. The minimum atomic E-state index is -1.10. The number of aromatic carboxylic acids is 1. The molecule has 1 aromatic rings. The van der Waals surface area contributed by atoms with E-state index < -0.39 is 5.97 Å². The van der Waals surface area contributed by atoms with Crippen LogP contribution in [-0.4, -0.2) is 31.2 Å². The van der Waals surface area contributed by atoms with Crippen LogP contribution in [0.25, 0.3) is 0 Å². The topological polar surface area (TPSA) is 84.9 Å². The van der Waals surface area contributed by atoms with Gasteiger partial charge in [-0.1, -0.05) is 26.7 Å². The number of rotatable bonds is 9. The summed E-state index contributed by atoms with van der Waals surface area (Å²) in [6.07, 6.45) is 3.53. The van der Waals surface area contributed by atoms with Crippen molar-refractivity contribution in [1.29, 1.82) is 0 Å². The van der Waals surface area contributed by atoms with Gasteiger partial charge in [0.15, 0.2) is 11.5 Å². The summed E-state index contributed by atoms with van der Waals surface area (Å²) >= 11 is 0. The number of ether oxygens (including phenoxy) is 2. The maximum atomic E-state index is 12.4. The molecule has 0 aliphatic heterocycles. The van der Waals surface area contributed by atoms with Crippen LogP contribution >= 0.6 is 0 Å². The molecule has 0 heterocycles. The quantitative estimate of drug-likeness (QED) is 0.726. The first kappa shape index (κ1) is 18.8. The minimum Gasteiger partial charge on any atom is -0.493 e.